The van der Waals surface area contributed by atoms with Gasteiger partial charge in [-0.05, 0) is 0 Å². The van der Waals surface area contributed by atoms with Crippen molar-refractivity contribution in [1.82, 2.24) is 14.9 Å². The van der Waals surface area contributed by atoms with Crippen molar-refractivity contribution in [2.75, 3.05) is 69.9 Å². The predicted octanol–water partition coefficient (Wildman–Crippen LogP) is 1.35. The molecule has 2 fully saturated rings. The second-order valence-electron chi connectivity index (χ2n) is 7.89. The fraction of sp³-hybridized carbons (Fsp3) is 0.778. The SMILES string of the molecule is COCCN1CCN(c2nc(NC3COC3)cc(C(C)(C)C)n2)CC1. The standard InChI is InChI=1S/C18H31N5O2/c1-18(2,3)15-11-16(19-14-12-25-13-14)21-17(20-15)23-7-5-22(6-8-23)9-10-24-4/h11,14H,5-10,12-13H2,1-4H3,(H,19,20,21). The molecule has 7 nitrogen and oxygen atoms in total. The summed E-state index contributed by atoms with van der Waals surface area (Å²) in [4.78, 5) is 14.4. The number of piperazine rings is 1. The smallest absolute Gasteiger partial charge is 0.227 e. The summed E-state index contributed by atoms with van der Waals surface area (Å²) in [6.07, 6.45) is 0. The number of aromatic nitrogens is 2. The highest BCUT2D eigenvalue weighted by Gasteiger charge is 2.25. The minimum Gasteiger partial charge on any atom is -0.383 e. The second kappa shape index (κ2) is 7.85. The second-order valence-corrected chi connectivity index (χ2v) is 7.89. The number of ether oxygens (including phenoxy) is 2. The van der Waals surface area contributed by atoms with Crippen molar-refractivity contribution in [3.8, 4) is 0 Å². The van der Waals surface area contributed by atoms with Gasteiger partial charge in [0, 0.05) is 51.3 Å². The van der Waals surface area contributed by atoms with Gasteiger partial charge in [-0.1, -0.05) is 20.8 Å². The number of methoxy groups -OCH3 is 1. The van der Waals surface area contributed by atoms with Gasteiger partial charge in [-0.2, -0.15) is 4.98 Å². The molecule has 1 aromatic heterocycles. The molecule has 140 valence electrons. The average molecular weight is 349 g/mol. The van der Waals surface area contributed by atoms with Crippen LogP contribution in [0.15, 0.2) is 6.07 Å². The molecule has 7 heteroatoms. The van der Waals surface area contributed by atoms with E-state index in [-0.39, 0.29) is 5.41 Å². The monoisotopic (exact) mass is 349 g/mol. The molecule has 0 bridgehead atoms. The van der Waals surface area contributed by atoms with Crippen molar-refractivity contribution in [2.24, 2.45) is 0 Å². The average Bonchev–Trinajstić information content (AvgIpc) is 2.56. The van der Waals surface area contributed by atoms with Crippen LogP contribution in [0, 0.1) is 0 Å². The first kappa shape index (κ1) is 18.4. The van der Waals surface area contributed by atoms with Crippen LogP contribution in [-0.2, 0) is 14.9 Å². The van der Waals surface area contributed by atoms with Crippen molar-refractivity contribution >= 4 is 11.8 Å². The Bertz CT molecular complexity index is 563. The predicted molar refractivity (Wildman–Crippen MR) is 99.5 cm³/mol. The molecule has 2 aliphatic heterocycles. The van der Waals surface area contributed by atoms with Gasteiger partial charge in [-0.3, -0.25) is 4.90 Å². The van der Waals surface area contributed by atoms with Crippen molar-refractivity contribution in [3.05, 3.63) is 11.8 Å². The molecule has 0 aliphatic carbocycles. The van der Waals surface area contributed by atoms with Crippen molar-refractivity contribution in [3.63, 3.8) is 0 Å². The molecule has 0 atom stereocenters. The minimum atomic E-state index is -0.00940. The number of nitrogens with one attached hydrogen (secondary N) is 1. The summed E-state index contributed by atoms with van der Waals surface area (Å²) in [7, 11) is 1.75. The summed E-state index contributed by atoms with van der Waals surface area (Å²) >= 11 is 0. The Hall–Kier alpha value is -1.44. The van der Waals surface area contributed by atoms with E-state index in [1.165, 1.54) is 0 Å². The van der Waals surface area contributed by atoms with Crippen molar-refractivity contribution in [2.45, 2.75) is 32.2 Å². The fourth-order valence-corrected chi connectivity index (χ4v) is 2.95. The Morgan fingerprint density at radius 3 is 2.48 bits per heavy atom. The lowest BCUT2D eigenvalue weighted by Crippen LogP contribution is -2.48. The van der Waals surface area contributed by atoms with Gasteiger partial charge < -0.3 is 19.7 Å². The lowest BCUT2D eigenvalue weighted by atomic mass is 9.92. The maximum absolute atomic E-state index is 5.26. The van der Waals surface area contributed by atoms with Crippen LogP contribution in [0.5, 0.6) is 0 Å². The molecule has 0 spiro atoms. The summed E-state index contributed by atoms with van der Waals surface area (Å²) < 4.78 is 10.4. The van der Waals surface area contributed by atoms with E-state index in [2.05, 4.69) is 42.0 Å². The van der Waals surface area contributed by atoms with E-state index in [9.17, 15) is 0 Å². The third-order valence-corrected chi connectivity index (χ3v) is 4.74. The molecule has 25 heavy (non-hydrogen) atoms. The lowest BCUT2D eigenvalue weighted by molar-refractivity contribution is 0.0209. The first-order chi connectivity index (χ1) is 12.0. The molecular formula is C18H31N5O2. The lowest BCUT2D eigenvalue weighted by Gasteiger charge is -2.35. The van der Waals surface area contributed by atoms with Crippen LogP contribution in [0.25, 0.3) is 0 Å². The number of hydrogen-bond acceptors (Lipinski definition) is 7. The Kier molecular flexibility index (Phi) is 5.76. The maximum Gasteiger partial charge on any atom is 0.227 e. The Morgan fingerprint density at radius 2 is 1.92 bits per heavy atom. The van der Waals surface area contributed by atoms with Gasteiger partial charge in [0.25, 0.3) is 0 Å². The van der Waals surface area contributed by atoms with Crippen molar-refractivity contribution in [1.29, 1.82) is 0 Å². The molecule has 3 rings (SSSR count). The van der Waals surface area contributed by atoms with Gasteiger partial charge in [0.1, 0.15) is 5.82 Å². The largest absolute Gasteiger partial charge is 0.383 e. The van der Waals surface area contributed by atoms with Gasteiger partial charge in [0.2, 0.25) is 5.95 Å². The van der Waals surface area contributed by atoms with Crippen LogP contribution in [0.2, 0.25) is 0 Å². The zero-order valence-electron chi connectivity index (χ0n) is 15.9. The van der Waals surface area contributed by atoms with Crippen LogP contribution in [0.1, 0.15) is 26.5 Å². The third kappa shape index (κ3) is 4.80. The van der Waals surface area contributed by atoms with E-state index in [1.54, 1.807) is 7.11 Å². The Balaban J connectivity index is 1.72. The summed E-state index contributed by atoms with van der Waals surface area (Å²) in [6, 6.07) is 2.44. The Labute approximate surface area is 150 Å². The number of nitrogens with zero attached hydrogens (tertiary/aromatic N) is 4. The molecule has 0 radical (unpaired) electrons. The van der Waals surface area contributed by atoms with Gasteiger partial charge in [-0.15, -0.1) is 0 Å². The Morgan fingerprint density at radius 1 is 1.20 bits per heavy atom. The van der Waals surface area contributed by atoms with Gasteiger partial charge >= 0.3 is 0 Å². The van der Waals surface area contributed by atoms with E-state index in [0.717, 1.165) is 70.0 Å². The number of rotatable bonds is 6. The molecule has 3 heterocycles. The molecule has 2 aliphatic rings. The van der Waals surface area contributed by atoms with Crippen LogP contribution < -0.4 is 10.2 Å². The van der Waals surface area contributed by atoms with E-state index >= 15 is 0 Å². The van der Waals surface area contributed by atoms with Crippen LogP contribution in [-0.4, -0.2) is 80.6 Å². The summed E-state index contributed by atoms with van der Waals surface area (Å²) in [5.41, 5.74) is 1.06. The topological polar surface area (TPSA) is 62.8 Å². The molecule has 0 aromatic carbocycles. The highest BCUT2D eigenvalue weighted by molar-refractivity contribution is 5.46. The summed E-state index contributed by atoms with van der Waals surface area (Å²) in [5.74, 6) is 1.74. The highest BCUT2D eigenvalue weighted by Crippen LogP contribution is 2.26. The molecule has 2 saturated heterocycles. The third-order valence-electron chi connectivity index (χ3n) is 4.74. The molecule has 0 unspecified atom stereocenters. The van der Waals surface area contributed by atoms with Gasteiger partial charge in [0.05, 0.1) is 31.6 Å². The first-order valence-corrected chi connectivity index (χ1v) is 9.16. The van der Waals surface area contributed by atoms with E-state index in [1.807, 2.05) is 0 Å². The fourth-order valence-electron chi connectivity index (χ4n) is 2.95. The van der Waals surface area contributed by atoms with E-state index in [0.29, 0.717) is 6.04 Å². The molecule has 1 N–H and O–H groups in total. The molecular weight excluding hydrogens is 318 g/mol. The van der Waals surface area contributed by atoms with Crippen LogP contribution in [0.4, 0.5) is 11.8 Å². The van der Waals surface area contributed by atoms with Crippen molar-refractivity contribution < 1.29 is 9.47 Å². The molecule has 0 amide bonds. The molecule has 1 aromatic rings. The van der Waals surface area contributed by atoms with Gasteiger partial charge in [-0.25, -0.2) is 4.98 Å². The first-order valence-electron chi connectivity index (χ1n) is 9.16. The van der Waals surface area contributed by atoms with Crippen LogP contribution in [0.3, 0.4) is 0 Å². The normalized spacial score (nSPS) is 19.8. The summed E-state index contributed by atoms with van der Waals surface area (Å²) in [5, 5.41) is 3.48. The number of hydrogen-bond donors (Lipinski definition) is 1. The van der Waals surface area contributed by atoms with E-state index < -0.39 is 0 Å². The highest BCUT2D eigenvalue weighted by atomic mass is 16.5. The zero-order chi connectivity index (χ0) is 17.9. The van der Waals surface area contributed by atoms with Crippen LogP contribution >= 0.6 is 0 Å². The quantitative estimate of drug-likeness (QED) is 0.832. The number of anilines is 2. The molecule has 0 saturated carbocycles. The maximum atomic E-state index is 5.26. The van der Waals surface area contributed by atoms with Gasteiger partial charge in [0.15, 0.2) is 0 Å². The zero-order valence-corrected chi connectivity index (χ0v) is 15.9. The minimum absolute atomic E-state index is 0.00940. The van der Waals surface area contributed by atoms with E-state index in [4.69, 9.17) is 19.4 Å². The summed E-state index contributed by atoms with van der Waals surface area (Å²) in [6.45, 7) is 13.8.